The van der Waals surface area contributed by atoms with Crippen LogP contribution in [0.25, 0.3) is 11.5 Å². The van der Waals surface area contributed by atoms with Crippen LogP contribution in [0.2, 0.25) is 0 Å². The predicted octanol–water partition coefficient (Wildman–Crippen LogP) is 2.99. The van der Waals surface area contributed by atoms with Crippen LogP contribution in [0.1, 0.15) is 32.2 Å². The monoisotopic (exact) mass is 287 g/mol. The van der Waals surface area contributed by atoms with Crippen LogP contribution in [0.3, 0.4) is 0 Å². The van der Waals surface area contributed by atoms with Crippen molar-refractivity contribution in [3.8, 4) is 11.5 Å². The highest BCUT2D eigenvalue weighted by Gasteiger charge is 2.31. The largest absolute Gasteiger partial charge is 0.444 e. The number of fused-ring (bicyclic) bond motifs is 1. The maximum atomic E-state index is 12.0. The summed E-state index contributed by atoms with van der Waals surface area (Å²) in [4.78, 5) is 22.1. The van der Waals surface area contributed by atoms with Gasteiger partial charge >= 0.3 is 6.09 Å². The van der Waals surface area contributed by atoms with Crippen LogP contribution in [-0.4, -0.2) is 26.6 Å². The Bertz CT molecular complexity index is 635. The number of hydrogen-bond acceptors (Lipinski definition) is 5. The molecule has 0 spiro atoms. The van der Waals surface area contributed by atoms with E-state index in [9.17, 15) is 4.79 Å². The third kappa shape index (κ3) is 2.89. The summed E-state index contributed by atoms with van der Waals surface area (Å²) in [6, 6.07) is 3.72. The number of rotatable bonds is 1. The number of hydrogen-bond donors (Lipinski definition) is 0. The van der Waals surface area contributed by atoms with Crippen molar-refractivity contribution in [2.24, 2.45) is 0 Å². The number of ether oxygens (including phenoxy) is 1. The molecule has 0 atom stereocenters. The normalized spacial score (nSPS) is 14.1. The van der Waals surface area contributed by atoms with E-state index in [0.717, 1.165) is 11.3 Å². The number of aromatic nitrogens is 2. The van der Waals surface area contributed by atoms with Crippen LogP contribution < -0.4 is 0 Å². The number of amides is 1. The van der Waals surface area contributed by atoms with Gasteiger partial charge in [0.2, 0.25) is 5.89 Å². The summed E-state index contributed by atoms with van der Waals surface area (Å²) < 4.78 is 11.1. The fourth-order valence-corrected chi connectivity index (χ4v) is 2.11. The van der Waals surface area contributed by atoms with E-state index >= 15 is 0 Å². The molecule has 1 aliphatic heterocycles. The molecular weight excluding hydrogens is 270 g/mol. The van der Waals surface area contributed by atoms with Gasteiger partial charge in [0.25, 0.3) is 0 Å². The van der Waals surface area contributed by atoms with Crippen LogP contribution in [0.15, 0.2) is 28.9 Å². The van der Waals surface area contributed by atoms with Crippen molar-refractivity contribution >= 4 is 6.09 Å². The summed E-state index contributed by atoms with van der Waals surface area (Å²) >= 11 is 0. The quantitative estimate of drug-likeness (QED) is 0.806. The molecule has 0 radical (unpaired) electrons. The van der Waals surface area contributed by atoms with E-state index in [1.54, 1.807) is 17.3 Å². The second kappa shape index (κ2) is 4.87. The first-order valence-electron chi connectivity index (χ1n) is 6.79. The lowest BCUT2D eigenvalue weighted by molar-refractivity contribution is 0.0232. The molecule has 3 rings (SSSR count). The lowest BCUT2D eigenvalue weighted by atomic mass is 10.2. The van der Waals surface area contributed by atoms with Gasteiger partial charge in [-0.05, 0) is 32.9 Å². The molecule has 2 aromatic heterocycles. The van der Waals surface area contributed by atoms with E-state index in [0.29, 0.717) is 24.7 Å². The van der Waals surface area contributed by atoms with E-state index in [1.807, 2.05) is 32.9 Å². The zero-order valence-electron chi connectivity index (χ0n) is 12.3. The van der Waals surface area contributed by atoms with Crippen molar-refractivity contribution in [1.82, 2.24) is 14.9 Å². The number of pyridine rings is 1. The molecule has 0 N–H and O–H groups in total. The van der Waals surface area contributed by atoms with Gasteiger partial charge in [-0.2, -0.15) is 0 Å². The Hall–Kier alpha value is -2.37. The molecule has 0 saturated carbocycles. The van der Waals surface area contributed by atoms with E-state index < -0.39 is 5.60 Å². The molecule has 0 aromatic carbocycles. The molecule has 110 valence electrons. The fourth-order valence-electron chi connectivity index (χ4n) is 2.11. The van der Waals surface area contributed by atoms with Gasteiger partial charge in [0.15, 0.2) is 0 Å². The van der Waals surface area contributed by atoms with Gasteiger partial charge in [-0.1, -0.05) is 0 Å². The number of carbonyl (C=O) groups is 1. The van der Waals surface area contributed by atoms with E-state index in [4.69, 9.17) is 9.15 Å². The topological polar surface area (TPSA) is 68.5 Å². The molecule has 6 heteroatoms. The Labute approximate surface area is 122 Å². The second-order valence-electron chi connectivity index (χ2n) is 5.97. The number of carbonyl (C=O) groups excluding carboxylic acids is 1. The van der Waals surface area contributed by atoms with Gasteiger partial charge in [0.05, 0.1) is 18.7 Å². The Kier molecular flexibility index (Phi) is 3.16. The minimum absolute atomic E-state index is 0.348. The zero-order chi connectivity index (χ0) is 15.0. The summed E-state index contributed by atoms with van der Waals surface area (Å²) in [6.45, 7) is 6.33. The van der Waals surface area contributed by atoms with Crippen LogP contribution in [0.4, 0.5) is 4.79 Å². The van der Waals surface area contributed by atoms with Gasteiger partial charge in [0, 0.05) is 12.4 Å². The third-order valence-electron chi connectivity index (χ3n) is 3.01. The molecule has 1 amide bonds. The molecule has 0 fully saturated rings. The third-order valence-corrected chi connectivity index (χ3v) is 3.01. The maximum Gasteiger partial charge on any atom is 0.411 e. The first kappa shape index (κ1) is 13.6. The fraction of sp³-hybridized carbons (Fsp3) is 0.400. The summed E-state index contributed by atoms with van der Waals surface area (Å²) in [7, 11) is 0. The Morgan fingerprint density at radius 1 is 1.38 bits per heavy atom. The molecule has 3 heterocycles. The maximum absolute atomic E-state index is 12.0. The van der Waals surface area contributed by atoms with Crippen LogP contribution in [0.5, 0.6) is 0 Å². The molecule has 0 unspecified atom stereocenters. The second-order valence-corrected chi connectivity index (χ2v) is 5.97. The molecule has 0 bridgehead atoms. The summed E-state index contributed by atoms with van der Waals surface area (Å²) in [5.74, 6) is 1.25. The highest BCUT2D eigenvalue weighted by atomic mass is 16.6. The zero-order valence-corrected chi connectivity index (χ0v) is 12.3. The van der Waals surface area contributed by atoms with Gasteiger partial charge in [0.1, 0.15) is 17.1 Å². The minimum atomic E-state index is -0.505. The van der Waals surface area contributed by atoms with Crippen molar-refractivity contribution in [3.63, 3.8) is 0 Å². The molecule has 1 aliphatic rings. The van der Waals surface area contributed by atoms with E-state index in [1.165, 1.54) is 0 Å². The van der Waals surface area contributed by atoms with Gasteiger partial charge in [-0.25, -0.2) is 9.78 Å². The SMILES string of the molecule is CC(C)(C)OC(=O)N1Cc2nc(-c3cccnc3)oc2C1. The first-order chi connectivity index (χ1) is 9.92. The highest BCUT2D eigenvalue weighted by Crippen LogP contribution is 2.29. The molecule has 2 aromatic rings. The van der Waals surface area contributed by atoms with Crippen molar-refractivity contribution in [3.05, 3.63) is 36.0 Å². The van der Waals surface area contributed by atoms with Crippen molar-refractivity contribution in [2.75, 3.05) is 0 Å². The molecule has 6 nitrogen and oxygen atoms in total. The van der Waals surface area contributed by atoms with Crippen LogP contribution >= 0.6 is 0 Å². The van der Waals surface area contributed by atoms with Gasteiger partial charge in [-0.15, -0.1) is 0 Å². The Balaban J connectivity index is 1.73. The summed E-state index contributed by atoms with van der Waals surface area (Å²) in [6.07, 6.45) is 3.05. The van der Waals surface area contributed by atoms with Crippen molar-refractivity contribution in [2.45, 2.75) is 39.5 Å². The number of nitrogens with zero attached hydrogens (tertiary/aromatic N) is 3. The molecule has 0 saturated heterocycles. The standard InChI is InChI=1S/C15H17N3O3/c1-15(2,3)21-14(19)18-8-11-12(9-18)20-13(17-11)10-5-4-6-16-7-10/h4-7H,8-9H2,1-3H3. The Morgan fingerprint density at radius 3 is 2.81 bits per heavy atom. The van der Waals surface area contributed by atoms with E-state index in [2.05, 4.69) is 9.97 Å². The first-order valence-corrected chi connectivity index (χ1v) is 6.79. The lowest BCUT2D eigenvalue weighted by Crippen LogP contribution is -2.33. The summed E-state index contributed by atoms with van der Waals surface area (Å²) in [5, 5.41) is 0. The Morgan fingerprint density at radius 2 is 2.19 bits per heavy atom. The lowest BCUT2D eigenvalue weighted by Gasteiger charge is -2.23. The number of oxazole rings is 1. The smallest absolute Gasteiger partial charge is 0.411 e. The van der Waals surface area contributed by atoms with Crippen LogP contribution in [0, 0.1) is 0 Å². The van der Waals surface area contributed by atoms with Crippen molar-refractivity contribution < 1.29 is 13.9 Å². The predicted molar refractivity (Wildman–Crippen MR) is 75.2 cm³/mol. The molecule has 0 aliphatic carbocycles. The summed E-state index contributed by atoms with van der Waals surface area (Å²) in [5.41, 5.74) is 1.10. The average molecular weight is 287 g/mol. The average Bonchev–Trinajstić information content (AvgIpc) is 2.95. The minimum Gasteiger partial charge on any atom is -0.444 e. The van der Waals surface area contributed by atoms with Gasteiger partial charge in [-0.3, -0.25) is 9.88 Å². The highest BCUT2D eigenvalue weighted by molar-refractivity contribution is 5.69. The molecule has 21 heavy (non-hydrogen) atoms. The van der Waals surface area contributed by atoms with Gasteiger partial charge < -0.3 is 9.15 Å². The van der Waals surface area contributed by atoms with Crippen LogP contribution in [-0.2, 0) is 17.8 Å². The van der Waals surface area contributed by atoms with E-state index in [-0.39, 0.29) is 6.09 Å². The van der Waals surface area contributed by atoms with Crippen molar-refractivity contribution in [1.29, 1.82) is 0 Å². The molecular formula is C15H17N3O3.